The summed E-state index contributed by atoms with van der Waals surface area (Å²) in [6.07, 6.45) is -4.76. The first-order chi connectivity index (χ1) is 6.73. The molecule has 0 heterocycles. The number of halogens is 4. The fourth-order valence-corrected chi connectivity index (χ4v) is 1.14. The molecule has 2 nitrogen and oxygen atoms in total. The fourth-order valence-electron chi connectivity index (χ4n) is 1.14. The highest BCUT2D eigenvalue weighted by atomic mass is 19.4. The molecule has 0 aliphatic carbocycles. The molecular formula is C9H10F4N2. The van der Waals surface area contributed by atoms with Crippen molar-refractivity contribution in [2.45, 2.75) is 19.1 Å². The van der Waals surface area contributed by atoms with Crippen LogP contribution < -0.4 is 11.5 Å². The number of anilines is 1. The molecule has 1 aromatic carbocycles. The van der Waals surface area contributed by atoms with Crippen molar-refractivity contribution >= 4 is 5.69 Å². The first kappa shape index (κ1) is 11.8. The Balaban J connectivity index is 3.38. The lowest BCUT2D eigenvalue weighted by Gasteiger charge is -2.13. The van der Waals surface area contributed by atoms with Crippen molar-refractivity contribution in [1.29, 1.82) is 0 Å². The molecule has 0 spiro atoms. The average Bonchev–Trinajstić information content (AvgIpc) is 2.06. The summed E-state index contributed by atoms with van der Waals surface area (Å²) < 4.78 is 50.1. The molecule has 1 rings (SSSR count). The number of hydrogen-bond acceptors (Lipinski definition) is 2. The molecule has 1 aromatic rings. The minimum Gasteiger partial charge on any atom is -0.396 e. The number of hydrogen-bond donors (Lipinski definition) is 2. The second-order valence-electron chi connectivity index (χ2n) is 3.26. The van der Waals surface area contributed by atoms with Crippen LogP contribution in [0.2, 0.25) is 0 Å². The zero-order valence-corrected chi connectivity index (χ0v) is 7.90. The lowest BCUT2D eigenvalue weighted by atomic mass is 10.0. The average molecular weight is 222 g/mol. The zero-order valence-electron chi connectivity index (χ0n) is 7.90. The van der Waals surface area contributed by atoms with Gasteiger partial charge in [0.1, 0.15) is 0 Å². The van der Waals surface area contributed by atoms with Crippen LogP contribution in [0.3, 0.4) is 0 Å². The molecule has 6 heteroatoms. The van der Waals surface area contributed by atoms with Gasteiger partial charge in [0, 0.05) is 6.04 Å². The number of benzene rings is 1. The minimum absolute atomic E-state index is 0.154. The Morgan fingerprint density at radius 1 is 1.27 bits per heavy atom. The topological polar surface area (TPSA) is 52.0 Å². The highest BCUT2D eigenvalue weighted by Crippen LogP contribution is 2.35. The highest BCUT2D eigenvalue weighted by Gasteiger charge is 2.35. The van der Waals surface area contributed by atoms with Crippen LogP contribution in [0.15, 0.2) is 12.1 Å². The second kappa shape index (κ2) is 3.69. The van der Waals surface area contributed by atoms with Crippen LogP contribution >= 0.6 is 0 Å². The van der Waals surface area contributed by atoms with Gasteiger partial charge in [-0.2, -0.15) is 13.2 Å². The Bertz CT molecular complexity index is 371. The molecule has 1 atom stereocenters. The molecule has 0 unspecified atom stereocenters. The van der Waals surface area contributed by atoms with Crippen molar-refractivity contribution < 1.29 is 17.6 Å². The van der Waals surface area contributed by atoms with Crippen molar-refractivity contribution in [3.05, 3.63) is 29.1 Å². The van der Waals surface area contributed by atoms with Crippen LogP contribution in [0.25, 0.3) is 0 Å². The van der Waals surface area contributed by atoms with E-state index in [2.05, 4.69) is 0 Å². The van der Waals surface area contributed by atoms with Gasteiger partial charge in [0.05, 0.1) is 11.3 Å². The van der Waals surface area contributed by atoms with E-state index in [-0.39, 0.29) is 5.56 Å². The van der Waals surface area contributed by atoms with Gasteiger partial charge in [-0.15, -0.1) is 0 Å². The monoisotopic (exact) mass is 222 g/mol. The minimum atomic E-state index is -4.76. The molecule has 0 aromatic heterocycles. The van der Waals surface area contributed by atoms with E-state index >= 15 is 0 Å². The van der Waals surface area contributed by atoms with Gasteiger partial charge in [0.2, 0.25) is 0 Å². The molecule has 0 aliphatic heterocycles. The molecule has 0 amide bonds. The maximum Gasteiger partial charge on any atom is 0.419 e. The van der Waals surface area contributed by atoms with Gasteiger partial charge in [-0.25, -0.2) is 4.39 Å². The van der Waals surface area contributed by atoms with E-state index in [0.29, 0.717) is 6.07 Å². The van der Waals surface area contributed by atoms with E-state index in [1.54, 1.807) is 0 Å². The van der Waals surface area contributed by atoms with Gasteiger partial charge in [0.25, 0.3) is 0 Å². The summed E-state index contributed by atoms with van der Waals surface area (Å²) in [6.45, 7) is 1.49. The van der Waals surface area contributed by atoms with Gasteiger partial charge in [-0.3, -0.25) is 0 Å². The van der Waals surface area contributed by atoms with Gasteiger partial charge in [-0.05, 0) is 24.6 Å². The van der Waals surface area contributed by atoms with Gasteiger partial charge in [-0.1, -0.05) is 0 Å². The number of nitrogens with two attached hydrogens (primary N) is 2. The summed E-state index contributed by atoms with van der Waals surface area (Å²) in [5.74, 6) is -1.45. The Kier molecular flexibility index (Phi) is 2.90. The molecule has 0 aliphatic rings. The number of alkyl halides is 3. The smallest absolute Gasteiger partial charge is 0.396 e. The molecule has 15 heavy (non-hydrogen) atoms. The molecule has 0 bridgehead atoms. The normalized spacial score (nSPS) is 14.0. The Morgan fingerprint density at radius 3 is 2.20 bits per heavy atom. The van der Waals surface area contributed by atoms with E-state index in [4.69, 9.17) is 11.5 Å². The molecule has 84 valence electrons. The van der Waals surface area contributed by atoms with Crippen LogP contribution in [0.4, 0.5) is 23.2 Å². The summed E-state index contributed by atoms with van der Waals surface area (Å²) in [5.41, 5.74) is 8.75. The largest absolute Gasteiger partial charge is 0.419 e. The van der Waals surface area contributed by atoms with Crippen LogP contribution in [0.1, 0.15) is 24.1 Å². The first-order valence-corrected chi connectivity index (χ1v) is 4.15. The lowest BCUT2D eigenvalue weighted by molar-refractivity contribution is -0.139. The van der Waals surface area contributed by atoms with Gasteiger partial charge in [0.15, 0.2) is 5.82 Å². The third kappa shape index (κ3) is 2.38. The van der Waals surface area contributed by atoms with E-state index in [1.165, 1.54) is 6.92 Å². The van der Waals surface area contributed by atoms with Crippen molar-refractivity contribution in [3.8, 4) is 0 Å². The van der Waals surface area contributed by atoms with Crippen LogP contribution in [0, 0.1) is 5.82 Å². The number of nitrogen functional groups attached to an aromatic ring is 1. The highest BCUT2D eigenvalue weighted by molar-refractivity contribution is 5.48. The summed E-state index contributed by atoms with van der Waals surface area (Å²) in [4.78, 5) is 0. The molecule has 0 fully saturated rings. The standard InChI is InChI=1S/C9H10F4N2/c1-4(14)5-2-6(9(11,12)13)8(10)7(15)3-5/h2-4H,14-15H2,1H3/t4-/m1/s1. The van der Waals surface area contributed by atoms with E-state index in [0.717, 1.165) is 6.07 Å². The molecular weight excluding hydrogens is 212 g/mol. The fraction of sp³-hybridized carbons (Fsp3) is 0.333. The Morgan fingerprint density at radius 2 is 1.80 bits per heavy atom. The van der Waals surface area contributed by atoms with Gasteiger partial charge < -0.3 is 11.5 Å². The van der Waals surface area contributed by atoms with Gasteiger partial charge >= 0.3 is 6.18 Å². The van der Waals surface area contributed by atoms with Crippen LogP contribution in [-0.4, -0.2) is 0 Å². The van der Waals surface area contributed by atoms with Crippen molar-refractivity contribution in [1.82, 2.24) is 0 Å². The van der Waals surface area contributed by atoms with Crippen molar-refractivity contribution in [2.75, 3.05) is 5.73 Å². The maximum absolute atomic E-state index is 13.1. The summed E-state index contributed by atoms with van der Waals surface area (Å²) >= 11 is 0. The van der Waals surface area contributed by atoms with Crippen LogP contribution in [0.5, 0.6) is 0 Å². The van der Waals surface area contributed by atoms with Crippen molar-refractivity contribution in [3.63, 3.8) is 0 Å². The van der Waals surface area contributed by atoms with Crippen molar-refractivity contribution in [2.24, 2.45) is 5.73 Å². The summed E-state index contributed by atoms with van der Waals surface area (Å²) in [6, 6.07) is 1.15. The van der Waals surface area contributed by atoms with E-state index in [1.807, 2.05) is 0 Å². The zero-order chi connectivity index (χ0) is 11.8. The summed E-state index contributed by atoms with van der Waals surface area (Å²) in [5, 5.41) is 0. The molecule has 4 N–H and O–H groups in total. The molecule has 0 saturated carbocycles. The first-order valence-electron chi connectivity index (χ1n) is 4.15. The maximum atomic E-state index is 13.1. The van der Waals surface area contributed by atoms with E-state index < -0.39 is 29.3 Å². The summed E-state index contributed by atoms with van der Waals surface area (Å²) in [7, 11) is 0. The quantitative estimate of drug-likeness (QED) is 0.566. The Hall–Kier alpha value is -1.30. The molecule has 0 saturated heterocycles. The predicted octanol–water partition coefficient (Wildman–Crippen LogP) is 2.45. The predicted molar refractivity (Wildman–Crippen MR) is 48.4 cm³/mol. The lowest BCUT2D eigenvalue weighted by Crippen LogP contribution is -2.14. The van der Waals surface area contributed by atoms with Crippen LogP contribution in [-0.2, 0) is 6.18 Å². The number of rotatable bonds is 1. The third-order valence-electron chi connectivity index (χ3n) is 1.95. The Labute approximate surface area is 83.9 Å². The second-order valence-corrected chi connectivity index (χ2v) is 3.26. The molecule has 0 radical (unpaired) electrons. The van der Waals surface area contributed by atoms with E-state index in [9.17, 15) is 17.6 Å². The third-order valence-corrected chi connectivity index (χ3v) is 1.95. The SMILES string of the molecule is C[C@@H](N)c1cc(N)c(F)c(C(F)(F)F)c1.